The molecule has 0 aromatic heterocycles. The Morgan fingerprint density at radius 1 is 1.21 bits per heavy atom. The molecule has 2 aromatic carbocycles. The van der Waals surface area contributed by atoms with E-state index in [4.69, 9.17) is 33.7 Å². The number of ether oxygens (including phenoxy) is 1. The number of halogens is 3. The Hall–Kier alpha value is -2.00. The highest BCUT2D eigenvalue weighted by atomic mass is 79.9. The van der Waals surface area contributed by atoms with Crippen molar-refractivity contribution in [2.24, 2.45) is 5.73 Å². The van der Waals surface area contributed by atoms with Crippen molar-refractivity contribution in [2.45, 2.75) is 6.61 Å². The van der Waals surface area contributed by atoms with E-state index in [-0.39, 0.29) is 11.5 Å². The molecule has 0 radical (unpaired) electrons. The first-order valence-corrected chi connectivity index (χ1v) is 10.5. The number of imide groups is 1. The second kappa shape index (κ2) is 9.21. The third kappa shape index (κ3) is 5.33. The Balaban J connectivity index is 1.85. The topological polar surface area (TPSA) is 89.7 Å². The average molecular weight is 516 g/mol. The van der Waals surface area contributed by atoms with Crippen LogP contribution < -0.4 is 10.5 Å². The lowest BCUT2D eigenvalue weighted by Gasteiger charge is -2.12. The van der Waals surface area contributed by atoms with Gasteiger partial charge in [-0.1, -0.05) is 45.2 Å². The summed E-state index contributed by atoms with van der Waals surface area (Å²) in [6.45, 7) is -0.277. The number of nitrogens with two attached hydrogens (primary N) is 1. The van der Waals surface area contributed by atoms with Crippen LogP contribution in [0.4, 0.5) is 4.79 Å². The molecule has 3 rings (SSSR count). The summed E-state index contributed by atoms with van der Waals surface area (Å²) in [6, 6.07) is 10.4. The molecule has 3 amide bonds. The number of carbonyl (C=O) groups excluding carboxylic acids is 3. The highest BCUT2D eigenvalue weighted by molar-refractivity contribution is 9.10. The summed E-state index contributed by atoms with van der Waals surface area (Å²) in [7, 11) is 0. The smallest absolute Gasteiger partial charge is 0.294 e. The number of hydrogen-bond donors (Lipinski definition) is 1. The second-order valence-corrected chi connectivity index (χ2v) is 8.69. The molecule has 10 heteroatoms. The molecule has 0 saturated carbocycles. The van der Waals surface area contributed by atoms with Crippen LogP contribution >= 0.6 is 50.9 Å². The Bertz CT molecular complexity index is 1040. The highest BCUT2D eigenvalue weighted by Gasteiger charge is 2.36. The fourth-order valence-electron chi connectivity index (χ4n) is 2.49. The lowest BCUT2D eigenvalue weighted by Crippen LogP contribution is -2.36. The molecular weight excluding hydrogens is 503 g/mol. The fraction of sp³-hybridized carbons (Fsp3) is 0.105. The lowest BCUT2D eigenvalue weighted by atomic mass is 10.1. The summed E-state index contributed by atoms with van der Waals surface area (Å²) in [4.78, 5) is 36.5. The number of primary amides is 1. The van der Waals surface area contributed by atoms with Gasteiger partial charge in [0.2, 0.25) is 5.91 Å². The summed E-state index contributed by atoms with van der Waals surface area (Å²) >= 11 is 16.2. The molecule has 0 bridgehead atoms. The van der Waals surface area contributed by atoms with Crippen LogP contribution in [-0.2, 0) is 16.2 Å². The lowest BCUT2D eigenvalue weighted by molar-refractivity contribution is -0.127. The molecule has 0 unspecified atom stereocenters. The minimum Gasteiger partial charge on any atom is -0.488 e. The normalized spacial score (nSPS) is 15.3. The number of thioether (sulfide) groups is 1. The van der Waals surface area contributed by atoms with Gasteiger partial charge in [-0.2, -0.15) is 0 Å². The second-order valence-electron chi connectivity index (χ2n) is 5.94. The molecule has 1 heterocycles. The summed E-state index contributed by atoms with van der Waals surface area (Å²) in [5, 5.41) is 0.448. The van der Waals surface area contributed by atoms with E-state index >= 15 is 0 Å². The van der Waals surface area contributed by atoms with Gasteiger partial charge in [0.15, 0.2) is 0 Å². The van der Waals surface area contributed by atoms with Crippen molar-refractivity contribution in [1.82, 2.24) is 4.90 Å². The van der Waals surface area contributed by atoms with Crippen LogP contribution in [0.3, 0.4) is 0 Å². The monoisotopic (exact) mass is 514 g/mol. The van der Waals surface area contributed by atoms with Gasteiger partial charge in [0.25, 0.3) is 11.1 Å². The van der Waals surface area contributed by atoms with Gasteiger partial charge < -0.3 is 10.5 Å². The number of nitrogens with zero attached hydrogens (tertiary/aromatic N) is 1. The fourth-order valence-corrected chi connectivity index (χ4v) is 4.16. The zero-order valence-electron chi connectivity index (χ0n) is 14.7. The molecule has 2 aromatic rings. The molecule has 1 saturated heterocycles. The van der Waals surface area contributed by atoms with Gasteiger partial charge in [-0.3, -0.25) is 19.3 Å². The van der Waals surface area contributed by atoms with Gasteiger partial charge in [0.05, 0.1) is 4.91 Å². The largest absolute Gasteiger partial charge is 0.488 e. The average Bonchev–Trinajstić information content (AvgIpc) is 2.89. The Morgan fingerprint density at radius 2 is 1.97 bits per heavy atom. The molecule has 150 valence electrons. The summed E-state index contributed by atoms with van der Waals surface area (Å²) in [5.41, 5.74) is 6.42. The highest BCUT2D eigenvalue weighted by Crippen LogP contribution is 2.35. The van der Waals surface area contributed by atoms with E-state index in [9.17, 15) is 14.4 Å². The summed E-state index contributed by atoms with van der Waals surface area (Å²) in [5.74, 6) is -0.855. The van der Waals surface area contributed by atoms with E-state index < -0.39 is 23.6 Å². The molecule has 0 aliphatic carbocycles. The number of rotatable bonds is 6. The van der Waals surface area contributed by atoms with Gasteiger partial charge in [-0.25, -0.2) is 0 Å². The first-order valence-electron chi connectivity index (χ1n) is 8.14. The Morgan fingerprint density at radius 3 is 2.66 bits per heavy atom. The predicted octanol–water partition coefficient (Wildman–Crippen LogP) is 4.86. The van der Waals surface area contributed by atoms with Gasteiger partial charge in [-0.15, -0.1) is 0 Å². The number of carbonyl (C=O) groups is 3. The van der Waals surface area contributed by atoms with E-state index in [1.54, 1.807) is 36.4 Å². The van der Waals surface area contributed by atoms with Crippen LogP contribution in [0.5, 0.6) is 5.75 Å². The van der Waals surface area contributed by atoms with Crippen LogP contribution in [0, 0.1) is 0 Å². The van der Waals surface area contributed by atoms with Crippen LogP contribution in [-0.4, -0.2) is 28.5 Å². The molecule has 0 spiro atoms. The Labute approximate surface area is 189 Å². The van der Waals surface area contributed by atoms with Crippen LogP contribution in [0.25, 0.3) is 6.08 Å². The van der Waals surface area contributed by atoms with Gasteiger partial charge in [-0.05, 0) is 48.2 Å². The van der Waals surface area contributed by atoms with Gasteiger partial charge >= 0.3 is 0 Å². The van der Waals surface area contributed by atoms with Crippen LogP contribution in [0.1, 0.15) is 11.1 Å². The SMILES string of the molecule is NC(=O)CN1C(=O)S/C(=C\c2cc(Br)ccc2OCc2ccc(Cl)cc2Cl)C1=O. The standard InChI is InChI=1S/C19H13BrCl2N2O4S/c20-12-2-4-15(28-9-10-1-3-13(21)7-14(10)22)11(5-12)6-16-18(26)24(8-17(23)25)19(27)29-16/h1-7H,8-9H2,(H2,23,25)/b16-6-. The van der Waals surface area contributed by atoms with Crippen molar-refractivity contribution in [1.29, 1.82) is 0 Å². The van der Waals surface area contributed by atoms with Crippen molar-refractivity contribution in [3.63, 3.8) is 0 Å². The maximum atomic E-state index is 12.4. The van der Waals surface area contributed by atoms with Crippen molar-refractivity contribution in [3.8, 4) is 5.75 Å². The zero-order chi connectivity index (χ0) is 21.1. The van der Waals surface area contributed by atoms with Crippen molar-refractivity contribution in [3.05, 3.63) is 66.9 Å². The number of amides is 3. The Kier molecular flexibility index (Phi) is 6.89. The molecule has 1 fully saturated rings. The van der Waals surface area contributed by atoms with E-state index in [1.165, 1.54) is 6.08 Å². The maximum Gasteiger partial charge on any atom is 0.294 e. The molecular formula is C19H13BrCl2N2O4S. The predicted molar refractivity (Wildman–Crippen MR) is 117 cm³/mol. The molecule has 1 aliphatic rings. The van der Waals surface area contributed by atoms with Gasteiger partial charge in [0, 0.05) is 25.6 Å². The minimum absolute atomic E-state index is 0.170. The molecule has 2 N–H and O–H groups in total. The van der Waals surface area contributed by atoms with E-state index in [0.717, 1.165) is 26.7 Å². The van der Waals surface area contributed by atoms with Crippen LogP contribution in [0.15, 0.2) is 45.8 Å². The molecule has 1 aliphatic heterocycles. The number of benzene rings is 2. The van der Waals surface area contributed by atoms with Crippen molar-refractivity contribution < 1.29 is 19.1 Å². The van der Waals surface area contributed by atoms with Crippen molar-refractivity contribution in [2.75, 3.05) is 6.54 Å². The zero-order valence-corrected chi connectivity index (χ0v) is 18.6. The quantitative estimate of drug-likeness (QED) is 0.555. The van der Waals surface area contributed by atoms with E-state index in [1.807, 2.05) is 0 Å². The van der Waals surface area contributed by atoms with Crippen LogP contribution in [0.2, 0.25) is 10.0 Å². The molecule has 6 nitrogen and oxygen atoms in total. The molecule has 29 heavy (non-hydrogen) atoms. The summed E-state index contributed by atoms with van der Waals surface area (Å²) < 4.78 is 6.64. The minimum atomic E-state index is -0.764. The maximum absolute atomic E-state index is 12.4. The number of hydrogen-bond acceptors (Lipinski definition) is 5. The van der Waals surface area contributed by atoms with E-state index in [0.29, 0.717) is 21.4 Å². The molecule has 0 atom stereocenters. The van der Waals surface area contributed by atoms with Crippen molar-refractivity contribution >= 4 is 74.0 Å². The third-order valence-corrected chi connectivity index (χ3v) is 5.83. The third-order valence-electron chi connectivity index (χ3n) is 3.84. The summed E-state index contributed by atoms with van der Waals surface area (Å²) in [6.07, 6.45) is 1.54. The first kappa shape index (κ1) is 21.7. The van der Waals surface area contributed by atoms with Gasteiger partial charge in [0.1, 0.15) is 18.9 Å². The van der Waals surface area contributed by atoms with E-state index in [2.05, 4.69) is 15.9 Å². The first-order chi connectivity index (χ1) is 13.7.